The van der Waals surface area contributed by atoms with Gasteiger partial charge in [-0.3, -0.25) is 0 Å². The molecule has 0 aliphatic rings. The average Bonchev–Trinajstić information content (AvgIpc) is 2.34. The number of ether oxygens (including phenoxy) is 1. The number of hydrogen-bond acceptors (Lipinski definition) is 3. The fourth-order valence-corrected chi connectivity index (χ4v) is 1.22. The van der Waals surface area contributed by atoms with Crippen molar-refractivity contribution in [2.45, 2.75) is 19.8 Å². The summed E-state index contributed by atoms with van der Waals surface area (Å²) in [6, 6.07) is 3.94. The lowest BCUT2D eigenvalue weighted by atomic mass is 10.5. The molecule has 0 aliphatic heterocycles. The molecule has 0 fully saturated rings. The van der Waals surface area contributed by atoms with Crippen molar-refractivity contribution in [2.75, 3.05) is 0 Å². The smallest absolute Gasteiger partial charge is 0.152 e. The van der Waals surface area contributed by atoms with E-state index in [0.717, 1.165) is 4.88 Å². The molecule has 0 radical (unpaired) electrons. The molecular formula is C7H10O2S. The third kappa shape index (κ3) is 2.47. The van der Waals surface area contributed by atoms with Gasteiger partial charge >= 0.3 is 0 Å². The molecular weight excluding hydrogens is 148 g/mol. The van der Waals surface area contributed by atoms with Gasteiger partial charge in [-0.15, -0.1) is 11.3 Å². The third-order valence-electron chi connectivity index (χ3n) is 1.05. The van der Waals surface area contributed by atoms with Crippen molar-refractivity contribution >= 4 is 11.3 Å². The molecule has 0 amide bonds. The van der Waals surface area contributed by atoms with Crippen LogP contribution in [0.2, 0.25) is 0 Å². The molecule has 0 saturated heterocycles. The van der Waals surface area contributed by atoms with Gasteiger partial charge in [-0.25, -0.2) is 0 Å². The predicted molar refractivity (Wildman–Crippen MR) is 40.8 cm³/mol. The highest BCUT2D eigenvalue weighted by molar-refractivity contribution is 7.09. The van der Waals surface area contributed by atoms with E-state index in [-0.39, 0.29) is 0 Å². The van der Waals surface area contributed by atoms with E-state index in [0.29, 0.717) is 6.61 Å². The van der Waals surface area contributed by atoms with Crippen LogP contribution in [0.15, 0.2) is 17.5 Å². The molecule has 1 atom stereocenters. The lowest BCUT2D eigenvalue weighted by Crippen LogP contribution is -2.04. The average molecular weight is 158 g/mol. The van der Waals surface area contributed by atoms with E-state index in [4.69, 9.17) is 9.84 Å². The Bertz CT molecular complexity index is 170. The van der Waals surface area contributed by atoms with Gasteiger partial charge in [0.2, 0.25) is 0 Å². The van der Waals surface area contributed by atoms with Gasteiger partial charge in [-0.2, -0.15) is 0 Å². The summed E-state index contributed by atoms with van der Waals surface area (Å²) in [7, 11) is 0. The molecule has 10 heavy (non-hydrogen) atoms. The van der Waals surface area contributed by atoms with Gasteiger partial charge in [0.05, 0.1) is 6.61 Å². The van der Waals surface area contributed by atoms with Crippen LogP contribution in [0.5, 0.6) is 0 Å². The number of thiophene rings is 1. The number of rotatable bonds is 3. The van der Waals surface area contributed by atoms with E-state index in [2.05, 4.69) is 0 Å². The normalized spacial score (nSPS) is 13.4. The summed E-state index contributed by atoms with van der Waals surface area (Å²) >= 11 is 1.63. The second-order valence-corrected chi connectivity index (χ2v) is 3.02. The summed E-state index contributed by atoms with van der Waals surface area (Å²) in [5.41, 5.74) is 0. The molecule has 2 nitrogen and oxygen atoms in total. The number of hydrogen-bond donors (Lipinski definition) is 1. The lowest BCUT2D eigenvalue weighted by molar-refractivity contribution is -0.0931. The maximum absolute atomic E-state index is 8.73. The van der Waals surface area contributed by atoms with Crippen molar-refractivity contribution < 1.29 is 9.84 Å². The van der Waals surface area contributed by atoms with Gasteiger partial charge < -0.3 is 9.84 Å². The summed E-state index contributed by atoms with van der Waals surface area (Å²) in [5.74, 6) is 0. The van der Waals surface area contributed by atoms with E-state index in [9.17, 15) is 0 Å². The molecule has 1 N–H and O–H groups in total. The van der Waals surface area contributed by atoms with Gasteiger partial charge in [-0.05, 0) is 18.4 Å². The van der Waals surface area contributed by atoms with Gasteiger partial charge in [0, 0.05) is 4.88 Å². The van der Waals surface area contributed by atoms with Crippen molar-refractivity contribution in [1.29, 1.82) is 0 Å². The molecule has 1 heterocycles. The SMILES string of the molecule is CC(O)OCc1cccs1. The van der Waals surface area contributed by atoms with Gasteiger partial charge in [-0.1, -0.05) is 6.07 Å². The molecule has 1 rings (SSSR count). The van der Waals surface area contributed by atoms with Crippen LogP contribution in [0.1, 0.15) is 11.8 Å². The molecule has 1 unspecified atom stereocenters. The maximum Gasteiger partial charge on any atom is 0.152 e. The van der Waals surface area contributed by atoms with E-state index in [1.165, 1.54) is 0 Å². The van der Waals surface area contributed by atoms with E-state index in [1.807, 2.05) is 17.5 Å². The minimum absolute atomic E-state index is 0.509. The van der Waals surface area contributed by atoms with Crippen LogP contribution in [-0.2, 0) is 11.3 Å². The molecule has 56 valence electrons. The second-order valence-electron chi connectivity index (χ2n) is 1.99. The topological polar surface area (TPSA) is 29.5 Å². The first kappa shape index (κ1) is 7.72. The largest absolute Gasteiger partial charge is 0.368 e. The Hall–Kier alpha value is -0.380. The van der Waals surface area contributed by atoms with Crippen molar-refractivity contribution in [3.63, 3.8) is 0 Å². The van der Waals surface area contributed by atoms with Crippen molar-refractivity contribution in [3.8, 4) is 0 Å². The molecule has 0 bridgehead atoms. The summed E-state index contributed by atoms with van der Waals surface area (Å²) in [4.78, 5) is 1.14. The summed E-state index contributed by atoms with van der Waals surface area (Å²) in [6.45, 7) is 2.11. The van der Waals surface area contributed by atoms with Crippen molar-refractivity contribution in [2.24, 2.45) is 0 Å². The molecule has 1 aromatic heterocycles. The Morgan fingerprint density at radius 3 is 3.10 bits per heavy atom. The predicted octanol–water partition coefficient (Wildman–Crippen LogP) is 1.60. The number of aliphatic hydroxyl groups is 1. The highest BCUT2D eigenvalue weighted by Gasteiger charge is 1.96. The van der Waals surface area contributed by atoms with Crippen LogP contribution in [0.4, 0.5) is 0 Å². The zero-order valence-corrected chi connectivity index (χ0v) is 6.60. The monoisotopic (exact) mass is 158 g/mol. The zero-order chi connectivity index (χ0) is 7.40. The standard InChI is InChI=1S/C7H10O2S/c1-6(8)9-5-7-3-2-4-10-7/h2-4,6,8H,5H2,1H3. The lowest BCUT2D eigenvalue weighted by Gasteiger charge is -2.03. The highest BCUT2D eigenvalue weighted by atomic mass is 32.1. The van der Waals surface area contributed by atoms with Crippen LogP contribution in [0, 0.1) is 0 Å². The first-order valence-corrected chi connectivity index (χ1v) is 3.99. The zero-order valence-electron chi connectivity index (χ0n) is 5.78. The van der Waals surface area contributed by atoms with Crippen LogP contribution in [0.3, 0.4) is 0 Å². The van der Waals surface area contributed by atoms with Crippen LogP contribution < -0.4 is 0 Å². The Balaban J connectivity index is 2.28. The molecule has 0 spiro atoms. The van der Waals surface area contributed by atoms with E-state index >= 15 is 0 Å². The van der Waals surface area contributed by atoms with Crippen molar-refractivity contribution in [3.05, 3.63) is 22.4 Å². The van der Waals surface area contributed by atoms with Crippen molar-refractivity contribution in [1.82, 2.24) is 0 Å². The highest BCUT2D eigenvalue weighted by Crippen LogP contribution is 2.09. The summed E-state index contributed by atoms with van der Waals surface area (Å²) in [5, 5.41) is 10.7. The molecule has 1 aromatic rings. The van der Waals surface area contributed by atoms with E-state index < -0.39 is 6.29 Å². The van der Waals surface area contributed by atoms with Crippen LogP contribution in [-0.4, -0.2) is 11.4 Å². The Morgan fingerprint density at radius 2 is 2.60 bits per heavy atom. The van der Waals surface area contributed by atoms with Gasteiger partial charge in [0.1, 0.15) is 0 Å². The molecule has 3 heteroatoms. The minimum Gasteiger partial charge on any atom is -0.368 e. The fourth-order valence-electron chi connectivity index (χ4n) is 0.597. The summed E-state index contributed by atoms with van der Waals surface area (Å²) in [6.07, 6.45) is -0.665. The minimum atomic E-state index is -0.665. The Morgan fingerprint density at radius 1 is 1.80 bits per heavy atom. The fraction of sp³-hybridized carbons (Fsp3) is 0.429. The van der Waals surface area contributed by atoms with Gasteiger partial charge in [0.15, 0.2) is 6.29 Å². The first-order chi connectivity index (χ1) is 4.79. The maximum atomic E-state index is 8.73. The molecule has 0 aliphatic carbocycles. The first-order valence-electron chi connectivity index (χ1n) is 3.11. The number of aliphatic hydroxyl groups excluding tert-OH is 1. The quantitative estimate of drug-likeness (QED) is 0.677. The Kier molecular flexibility index (Phi) is 2.86. The van der Waals surface area contributed by atoms with Crippen LogP contribution >= 0.6 is 11.3 Å². The second kappa shape index (κ2) is 3.71. The van der Waals surface area contributed by atoms with Gasteiger partial charge in [0.25, 0.3) is 0 Å². The summed E-state index contributed by atoms with van der Waals surface area (Å²) < 4.78 is 4.95. The van der Waals surface area contributed by atoms with E-state index in [1.54, 1.807) is 18.3 Å². The molecule has 0 aromatic carbocycles. The Labute approximate surface area is 64.1 Å². The third-order valence-corrected chi connectivity index (χ3v) is 1.90. The molecule has 0 saturated carbocycles. The van der Waals surface area contributed by atoms with Crippen LogP contribution in [0.25, 0.3) is 0 Å².